The number of hydrogen-bond acceptors (Lipinski definition) is 4. The van der Waals surface area contributed by atoms with Gasteiger partial charge in [0, 0.05) is 25.7 Å². The average molecular weight is 366 g/mol. The molecule has 0 spiro atoms. The number of benzene rings is 2. The summed E-state index contributed by atoms with van der Waals surface area (Å²) in [7, 11) is 1.68. The SMILES string of the molecule is Cc1ccccc1CN(C)C(=O)COC(=O)c1ccc2c(c1)CCC(=O)N2. The predicted octanol–water partition coefficient (Wildman–Crippen LogP) is 2.70. The summed E-state index contributed by atoms with van der Waals surface area (Å²) in [5, 5.41) is 2.77. The van der Waals surface area contributed by atoms with E-state index in [1.807, 2.05) is 31.2 Å². The Labute approximate surface area is 158 Å². The minimum atomic E-state index is -0.549. The molecule has 0 fully saturated rings. The van der Waals surface area contributed by atoms with Gasteiger partial charge < -0.3 is 15.0 Å². The van der Waals surface area contributed by atoms with E-state index in [9.17, 15) is 14.4 Å². The standard InChI is InChI=1S/C21H22N2O4/c1-14-5-3-4-6-17(14)12-23(2)20(25)13-27-21(26)16-7-9-18-15(11-16)8-10-19(24)22-18/h3-7,9,11H,8,10,12-13H2,1-2H3,(H,22,24). The minimum Gasteiger partial charge on any atom is -0.452 e. The molecule has 0 atom stereocenters. The maximum absolute atomic E-state index is 12.3. The largest absolute Gasteiger partial charge is 0.452 e. The molecule has 1 N–H and O–H groups in total. The highest BCUT2D eigenvalue weighted by Crippen LogP contribution is 2.23. The molecule has 0 saturated heterocycles. The molecule has 0 aromatic heterocycles. The number of hydrogen-bond donors (Lipinski definition) is 1. The summed E-state index contributed by atoms with van der Waals surface area (Å²) in [5.41, 5.74) is 4.15. The summed E-state index contributed by atoms with van der Waals surface area (Å²) in [6.45, 7) is 2.14. The van der Waals surface area contributed by atoms with E-state index >= 15 is 0 Å². The second-order valence-corrected chi connectivity index (χ2v) is 6.67. The molecule has 2 aromatic carbocycles. The third-order valence-electron chi connectivity index (χ3n) is 4.66. The van der Waals surface area contributed by atoms with E-state index in [-0.39, 0.29) is 18.4 Å². The van der Waals surface area contributed by atoms with Crippen LogP contribution in [0.4, 0.5) is 5.69 Å². The van der Waals surface area contributed by atoms with Gasteiger partial charge in [0.1, 0.15) is 0 Å². The highest BCUT2D eigenvalue weighted by Gasteiger charge is 2.18. The lowest BCUT2D eigenvalue weighted by Gasteiger charge is -2.19. The summed E-state index contributed by atoms with van der Waals surface area (Å²) in [6.07, 6.45) is 0.980. The lowest BCUT2D eigenvalue weighted by atomic mass is 10.0. The molecule has 0 unspecified atom stereocenters. The number of rotatable bonds is 5. The molecule has 0 radical (unpaired) electrons. The quantitative estimate of drug-likeness (QED) is 0.826. The Kier molecular flexibility index (Phi) is 5.54. The highest BCUT2D eigenvalue weighted by atomic mass is 16.5. The van der Waals surface area contributed by atoms with E-state index in [2.05, 4.69) is 5.32 Å². The molecule has 0 aliphatic carbocycles. The van der Waals surface area contributed by atoms with Gasteiger partial charge in [-0.3, -0.25) is 9.59 Å². The normalized spacial score (nSPS) is 12.7. The van der Waals surface area contributed by atoms with Crippen LogP contribution in [0.25, 0.3) is 0 Å². The van der Waals surface area contributed by atoms with Crippen LogP contribution < -0.4 is 5.32 Å². The van der Waals surface area contributed by atoms with Crippen LogP contribution in [0.2, 0.25) is 0 Å². The number of esters is 1. The first-order chi connectivity index (χ1) is 12.9. The van der Waals surface area contributed by atoms with Crippen molar-refractivity contribution in [1.29, 1.82) is 0 Å². The summed E-state index contributed by atoms with van der Waals surface area (Å²) >= 11 is 0. The van der Waals surface area contributed by atoms with Gasteiger partial charge in [-0.2, -0.15) is 0 Å². The molecule has 1 aliphatic rings. The summed E-state index contributed by atoms with van der Waals surface area (Å²) in [4.78, 5) is 37.5. The average Bonchev–Trinajstić information content (AvgIpc) is 2.67. The van der Waals surface area contributed by atoms with Crippen LogP contribution in [0.15, 0.2) is 42.5 Å². The first kappa shape index (κ1) is 18.6. The van der Waals surface area contributed by atoms with Gasteiger partial charge in [-0.25, -0.2) is 4.79 Å². The van der Waals surface area contributed by atoms with Gasteiger partial charge in [0.25, 0.3) is 5.91 Å². The molecule has 140 valence electrons. The first-order valence-electron chi connectivity index (χ1n) is 8.82. The van der Waals surface area contributed by atoms with Crippen LogP contribution in [0.5, 0.6) is 0 Å². The molecule has 0 saturated carbocycles. The van der Waals surface area contributed by atoms with Crippen molar-refractivity contribution >= 4 is 23.5 Å². The second kappa shape index (κ2) is 8.03. The smallest absolute Gasteiger partial charge is 0.338 e. The highest BCUT2D eigenvalue weighted by molar-refractivity contribution is 5.96. The van der Waals surface area contributed by atoms with Crippen molar-refractivity contribution in [3.63, 3.8) is 0 Å². The number of carbonyl (C=O) groups excluding carboxylic acids is 3. The fourth-order valence-electron chi connectivity index (χ4n) is 2.96. The van der Waals surface area contributed by atoms with Gasteiger partial charge in [-0.15, -0.1) is 0 Å². The Balaban J connectivity index is 1.56. The maximum Gasteiger partial charge on any atom is 0.338 e. The fraction of sp³-hybridized carbons (Fsp3) is 0.286. The number of anilines is 1. The number of nitrogens with one attached hydrogen (secondary N) is 1. The Morgan fingerprint density at radius 2 is 1.93 bits per heavy atom. The van der Waals surface area contributed by atoms with Crippen molar-refractivity contribution in [3.05, 3.63) is 64.7 Å². The second-order valence-electron chi connectivity index (χ2n) is 6.67. The molecule has 1 aliphatic heterocycles. The molecule has 27 heavy (non-hydrogen) atoms. The number of likely N-dealkylation sites (N-methyl/N-ethyl adjacent to an activating group) is 1. The van der Waals surface area contributed by atoms with Gasteiger partial charge in [-0.1, -0.05) is 24.3 Å². The zero-order chi connectivity index (χ0) is 19.4. The number of carbonyl (C=O) groups is 3. The lowest BCUT2D eigenvalue weighted by Crippen LogP contribution is -2.31. The first-order valence-corrected chi connectivity index (χ1v) is 8.82. The number of nitrogens with zero attached hydrogens (tertiary/aromatic N) is 1. The Hall–Kier alpha value is -3.15. The number of fused-ring (bicyclic) bond motifs is 1. The van der Waals surface area contributed by atoms with E-state index in [1.54, 1.807) is 25.2 Å². The minimum absolute atomic E-state index is 0.0277. The van der Waals surface area contributed by atoms with E-state index in [0.717, 1.165) is 22.4 Å². The van der Waals surface area contributed by atoms with E-state index in [1.165, 1.54) is 4.90 Å². The third-order valence-corrected chi connectivity index (χ3v) is 4.66. The molecule has 2 aromatic rings. The zero-order valence-electron chi connectivity index (χ0n) is 15.5. The van der Waals surface area contributed by atoms with Crippen LogP contribution in [0, 0.1) is 6.92 Å². The third kappa shape index (κ3) is 4.53. The van der Waals surface area contributed by atoms with E-state index in [0.29, 0.717) is 24.9 Å². The van der Waals surface area contributed by atoms with Crippen LogP contribution >= 0.6 is 0 Å². The lowest BCUT2D eigenvalue weighted by molar-refractivity contribution is -0.133. The Morgan fingerprint density at radius 3 is 2.70 bits per heavy atom. The molecule has 6 heteroatoms. The predicted molar refractivity (Wildman–Crippen MR) is 101 cm³/mol. The van der Waals surface area contributed by atoms with E-state index in [4.69, 9.17) is 4.74 Å². The summed E-state index contributed by atoms with van der Waals surface area (Å²) in [5.74, 6) is -0.843. The van der Waals surface area contributed by atoms with Crippen molar-refractivity contribution in [1.82, 2.24) is 4.90 Å². The van der Waals surface area contributed by atoms with Gasteiger partial charge >= 0.3 is 5.97 Å². The molecular formula is C21H22N2O4. The van der Waals surface area contributed by atoms with Gasteiger partial charge in [0.05, 0.1) is 5.56 Å². The molecule has 2 amide bonds. The summed E-state index contributed by atoms with van der Waals surface area (Å²) < 4.78 is 5.17. The number of amides is 2. The van der Waals surface area contributed by atoms with E-state index < -0.39 is 5.97 Å². The van der Waals surface area contributed by atoms with Crippen LogP contribution in [-0.4, -0.2) is 36.3 Å². The Bertz CT molecular complexity index is 892. The molecule has 3 rings (SSSR count). The van der Waals surface area contributed by atoms with Crippen molar-refractivity contribution in [2.24, 2.45) is 0 Å². The number of ether oxygens (including phenoxy) is 1. The van der Waals surface area contributed by atoms with Crippen LogP contribution in [-0.2, 0) is 27.3 Å². The monoisotopic (exact) mass is 366 g/mol. The van der Waals surface area contributed by atoms with Gasteiger partial charge in [-0.05, 0) is 48.2 Å². The molecule has 6 nitrogen and oxygen atoms in total. The van der Waals surface area contributed by atoms with Crippen molar-refractivity contribution in [2.75, 3.05) is 19.0 Å². The fourth-order valence-corrected chi connectivity index (χ4v) is 2.96. The molecule has 0 bridgehead atoms. The van der Waals surface area contributed by atoms with Crippen molar-refractivity contribution in [2.45, 2.75) is 26.3 Å². The number of aryl methyl sites for hydroxylation is 2. The molecule has 1 heterocycles. The van der Waals surface area contributed by atoms with Gasteiger partial charge in [0.15, 0.2) is 6.61 Å². The van der Waals surface area contributed by atoms with Crippen LogP contribution in [0.3, 0.4) is 0 Å². The van der Waals surface area contributed by atoms with Gasteiger partial charge in [0.2, 0.25) is 5.91 Å². The zero-order valence-corrected chi connectivity index (χ0v) is 15.5. The maximum atomic E-state index is 12.3. The summed E-state index contributed by atoms with van der Waals surface area (Å²) in [6, 6.07) is 12.8. The Morgan fingerprint density at radius 1 is 1.15 bits per heavy atom. The molecular weight excluding hydrogens is 344 g/mol. The van der Waals surface area contributed by atoms with Crippen LogP contribution in [0.1, 0.15) is 33.5 Å². The van der Waals surface area contributed by atoms with Crippen molar-refractivity contribution in [3.8, 4) is 0 Å². The topological polar surface area (TPSA) is 75.7 Å². The van der Waals surface area contributed by atoms with Crippen molar-refractivity contribution < 1.29 is 19.1 Å².